The van der Waals surface area contributed by atoms with Crippen LogP contribution >= 0.6 is 11.6 Å². The molecule has 0 aliphatic carbocycles. The summed E-state index contributed by atoms with van der Waals surface area (Å²) in [5, 5.41) is 20.2. The van der Waals surface area contributed by atoms with E-state index in [1.165, 1.54) is 23.1 Å². The Bertz CT molecular complexity index is 520. The third-order valence-corrected chi connectivity index (χ3v) is 3.55. The maximum atomic E-state index is 12.3. The fourth-order valence-corrected chi connectivity index (χ4v) is 2.56. The first-order valence-corrected chi connectivity index (χ1v) is 6.28. The number of hydrogen-bond donors (Lipinski definition) is 1. The highest BCUT2D eigenvalue weighted by molar-refractivity contribution is 6.33. The van der Waals surface area contributed by atoms with Crippen LogP contribution in [0.5, 0.6) is 0 Å². The number of amides is 1. The lowest BCUT2D eigenvalue weighted by molar-refractivity contribution is -0.385. The molecule has 7 heteroatoms. The van der Waals surface area contributed by atoms with Gasteiger partial charge in [-0.1, -0.05) is 17.7 Å². The Hall–Kier alpha value is -1.66. The lowest BCUT2D eigenvalue weighted by Crippen LogP contribution is -2.37. The molecule has 1 amide bonds. The van der Waals surface area contributed by atoms with Gasteiger partial charge in [0.15, 0.2) is 0 Å². The van der Waals surface area contributed by atoms with Gasteiger partial charge < -0.3 is 10.0 Å². The Kier molecular flexibility index (Phi) is 4.01. The van der Waals surface area contributed by atoms with Crippen molar-refractivity contribution in [2.45, 2.75) is 18.9 Å². The van der Waals surface area contributed by atoms with Crippen molar-refractivity contribution in [1.29, 1.82) is 0 Å². The molecule has 0 unspecified atom stereocenters. The summed E-state index contributed by atoms with van der Waals surface area (Å²) in [5.74, 6) is -0.453. The molecule has 1 aromatic carbocycles. The van der Waals surface area contributed by atoms with Gasteiger partial charge in [0.25, 0.3) is 5.91 Å². The molecule has 0 spiro atoms. The summed E-state index contributed by atoms with van der Waals surface area (Å²) >= 11 is 5.78. The van der Waals surface area contributed by atoms with Crippen LogP contribution in [0.2, 0.25) is 5.02 Å². The smallest absolute Gasteiger partial charge is 0.300 e. The van der Waals surface area contributed by atoms with Crippen molar-refractivity contribution < 1.29 is 14.8 Å². The first kappa shape index (κ1) is 13.8. The molecule has 2 rings (SSSR count). The fourth-order valence-electron chi connectivity index (χ4n) is 2.32. The van der Waals surface area contributed by atoms with E-state index in [4.69, 9.17) is 11.6 Å². The number of nitro groups is 1. The van der Waals surface area contributed by atoms with Gasteiger partial charge in [0.1, 0.15) is 10.6 Å². The zero-order valence-electron chi connectivity index (χ0n) is 10.1. The van der Waals surface area contributed by atoms with Crippen LogP contribution in [0.15, 0.2) is 18.2 Å². The third kappa shape index (κ3) is 2.54. The summed E-state index contributed by atoms with van der Waals surface area (Å²) in [6, 6.07) is 4.00. The topological polar surface area (TPSA) is 83.7 Å². The average molecular weight is 285 g/mol. The molecule has 1 saturated heterocycles. The summed E-state index contributed by atoms with van der Waals surface area (Å²) in [6.07, 6.45) is 1.49. The molecule has 1 heterocycles. The molecule has 1 N–H and O–H groups in total. The molecule has 1 fully saturated rings. The van der Waals surface area contributed by atoms with Crippen molar-refractivity contribution in [2.24, 2.45) is 0 Å². The monoisotopic (exact) mass is 284 g/mol. The minimum atomic E-state index is -0.653. The number of benzene rings is 1. The van der Waals surface area contributed by atoms with Gasteiger partial charge in [0, 0.05) is 6.54 Å². The van der Waals surface area contributed by atoms with Crippen molar-refractivity contribution in [3.63, 3.8) is 0 Å². The number of aliphatic hydroxyl groups excluding tert-OH is 1. The molecule has 0 bridgehead atoms. The molecule has 1 aliphatic rings. The van der Waals surface area contributed by atoms with Crippen molar-refractivity contribution in [2.75, 3.05) is 13.2 Å². The van der Waals surface area contributed by atoms with Crippen LogP contribution in [-0.4, -0.2) is 40.0 Å². The molecule has 0 radical (unpaired) electrons. The molecule has 1 atom stereocenters. The zero-order valence-corrected chi connectivity index (χ0v) is 10.8. The van der Waals surface area contributed by atoms with Crippen LogP contribution < -0.4 is 0 Å². The number of likely N-dealkylation sites (tertiary alicyclic amines) is 1. The molecule has 0 saturated carbocycles. The van der Waals surface area contributed by atoms with Crippen LogP contribution in [0.1, 0.15) is 23.2 Å². The van der Waals surface area contributed by atoms with Crippen molar-refractivity contribution >= 4 is 23.2 Å². The SMILES string of the molecule is O=C(c1cccc(Cl)c1[N+](=O)[O-])N1CCC[C@H]1CO. The quantitative estimate of drug-likeness (QED) is 0.678. The first-order chi connectivity index (χ1) is 9.06. The van der Waals surface area contributed by atoms with Gasteiger partial charge in [0.05, 0.1) is 17.6 Å². The van der Waals surface area contributed by atoms with Crippen molar-refractivity contribution in [1.82, 2.24) is 4.90 Å². The number of aliphatic hydroxyl groups is 1. The second-order valence-electron chi connectivity index (χ2n) is 4.37. The van der Waals surface area contributed by atoms with Crippen LogP contribution in [0.3, 0.4) is 0 Å². The van der Waals surface area contributed by atoms with Gasteiger partial charge >= 0.3 is 5.69 Å². The highest BCUT2D eigenvalue weighted by Gasteiger charge is 2.33. The van der Waals surface area contributed by atoms with E-state index in [0.29, 0.717) is 13.0 Å². The van der Waals surface area contributed by atoms with Crippen molar-refractivity contribution in [3.8, 4) is 0 Å². The van der Waals surface area contributed by atoms with E-state index < -0.39 is 10.8 Å². The highest BCUT2D eigenvalue weighted by Crippen LogP contribution is 2.30. The van der Waals surface area contributed by atoms with E-state index in [-0.39, 0.29) is 28.9 Å². The summed E-state index contributed by atoms with van der Waals surface area (Å²) in [5.41, 5.74) is -0.407. The number of hydrogen-bond acceptors (Lipinski definition) is 4. The Balaban J connectivity index is 2.39. The number of halogens is 1. The zero-order chi connectivity index (χ0) is 14.0. The maximum absolute atomic E-state index is 12.3. The maximum Gasteiger partial charge on any atom is 0.300 e. The van der Waals surface area contributed by atoms with Gasteiger partial charge in [-0.15, -0.1) is 0 Å². The third-order valence-electron chi connectivity index (χ3n) is 3.25. The summed E-state index contributed by atoms with van der Waals surface area (Å²) in [4.78, 5) is 24.2. The van der Waals surface area contributed by atoms with Gasteiger partial charge in [-0.2, -0.15) is 0 Å². The Morgan fingerprint density at radius 2 is 2.32 bits per heavy atom. The Morgan fingerprint density at radius 1 is 1.58 bits per heavy atom. The predicted molar refractivity (Wildman–Crippen MR) is 69.3 cm³/mol. The molecule has 1 aromatic rings. The number of nitrogens with zero attached hydrogens (tertiary/aromatic N) is 2. The standard InChI is InChI=1S/C12H13ClN2O4/c13-10-5-1-4-9(11(10)15(18)19)12(17)14-6-2-3-8(14)7-16/h1,4-5,8,16H,2-3,6-7H2/t8-/m0/s1. The van der Waals surface area contributed by atoms with E-state index in [0.717, 1.165) is 6.42 Å². The van der Waals surface area contributed by atoms with Crippen LogP contribution in [0.4, 0.5) is 5.69 Å². The van der Waals surface area contributed by atoms with Gasteiger partial charge in [-0.3, -0.25) is 14.9 Å². The molecule has 102 valence electrons. The molecular weight excluding hydrogens is 272 g/mol. The minimum absolute atomic E-state index is 0.0298. The second-order valence-corrected chi connectivity index (χ2v) is 4.78. The largest absolute Gasteiger partial charge is 0.394 e. The van der Waals surface area contributed by atoms with Gasteiger partial charge in [-0.05, 0) is 25.0 Å². The summed E-state index contributed by atoms with van der Waals surface area (Å²) in [7, 11) is 0. The van der Waals surface area contributed by atoms with Gasteiger partial charge in [-0.25, -0.2) is 0 Å². The van der Waals surface area contributed by atoms with E-state index in [1.54, 1.807) is 0 Å². The highest BCUT2D eigenvalue weighted by atomic mass is 35.5. The molecule has 1 aliphatic heterocycles. The predicted octanol–water partition coefficient (Wildman–Crippen LogP) is 1.85. The van der Waals surface area contributed by atoms with Crippen LogP contribution in [-0.2, 0) is 0 Å². The molecule has 19 heavy (non-hydrogen) atoms. The van der Waals surface area contributed by atoms with Crippen molar-refractivity contribution in [3.05, 3.63) is 38.9 Å². The van der Waals surface area contributed by atoms with E-state index >= 15 is 0 Å². The number of para-hydroxylation sites is 1. The van der Waals surface area contributed by atoms with E-state index in [9.17, 15) is 20.0 Å². The second kappa shape index (κ2) is 5.54. The number of carbonyl (C=O) groups is 1. The van der Waals surface area contributed by atoms with Crippen LogP contribution in [0.25, 0.3) is 0 Å². The lowest BCUT2D eigenvalue weighted by atomic mass is 10.1. The Labute approximate surface area is 114 Å². The number of rotatable bonds is 3. The lowest BCUT2D eigenvalue weighted by Gasteiger charge is -2.22. The fraction of sp³-hybridized carbons (Fsp3) is 0.417. The van der Waals surface area contributed by atoms with Crippen LogP contribution in [0, 0.1) is 10.1 Å². The summed E-state index contributed by atoms with van der Waals surface area (Å²) in [6.45, 7) is 0.355. The first-order valence-electron chi connectivity index (χ1n) is 5.91. The van der Waals surface area contributed by atoms with E-state index in [1.807, 2.05) is 0 Å². The Morgan fingerprint density at radius 3 is 2.95 bits per heavy atom. The van der Waals surface area contributed by atoms with Gasteiger partial charge in [0.2, 0.25) is 0 Å². The molecule has 6 nitrogen and oxygen atoms in total. The summed E-state index contributed by atoms with van der Waals surface area (Å²) < 4.78 is 0. The number of nitro benzene ring substituents is 1. The minimum Gasteiger partial charge on any atom is -0.394 e. The normalized spacial score (nSPS) is 18.6. The average Bonchev–Trinajstić information content (AvgIpc) is 2.85. The molecule has 0 aromatic heterocycles. The number of carbonyl (C=O) groups excluding carboxylic acids is 1. The van der Waals surface area contributed by atoms with E-state index in [2.05, 4.69) is 0 Å². The molecular formula is C12H13ClN2O4.